The van der Waals surface area contributed by atoms with Crippen LogP contribution in [-0.4, -0.2) is 6.21 Å². The van der Waals surface area contributed by atoms with E-state index in [-0.39, 0.29) is 0 Å². The van der Waals surface area contributed by atoms with Gasteiger partial charge in [0, 0.05) is 20.7 Å². The molecule has 0 N–H and O–H groups in total. The fourth-order valence-corrected chi connectivity index (χ4v) is 3.69. The summed E-state index contributed by atoms with van der Waals surface area (Å²) in [6.45, 7) is 2.66. The SMILES string of the molecule is CCc1ccccc1N=Cc1ccc(OCc2ccc(Br)cc2Br)cc1. The molecule has 3 aromatic carbocycles. The molecule has 3 rings (SSSR count). The molecule has 26 heavy (non-hydrogen) atoms. The van der Waals surface area contributed by atoms with Gasteiger partial charge in [-0.15, -0.1) is 0 Å². The van der Waals surface area contributed by atoms with E-state index in [1.54, 1.807) is 0 Å². The van der Waals surface area contributed by atoms with Gasteiger partial charge in [0.15, 0.2) is 0 Å². The van der Waals surface area contributed by atoms with Crippen LogP contribution in [0.2, 0.25) is 0 Å². The molecule has 0 bridgehead atoms. The third-order valence-electron chi connectivity index (χ3n) is 4.01. The molecule has 0 aliphatic heterocycles. The maximum Gasteiger partial charge on any atom is 0.119 e. The highest BCUT2D eigenvalue weighted by Crippen LogP contribution is 2.24. The number of aryl methyl sites for hydroxylation is 1. The fraction of sp³-hybridized carbons (Fsp3) is 0.136. The van der Waals surface area contributed by atoms with Crippen LogP contribution in [0.1, 0.15) is 23.6 Å². The van der Waals surface area contributed by atoms with Crippen molar-refractivity contribution in [3.63, 3.8) is 0 Å². The smallest absolute Gasteiger partial charge is 0.119 e. The molecule has 0 saturated heterocycles. The lowest BCUT2D eigenvalue weighted by molar-refractivity contribution is 0.305. The zero-order valence-electron chi connectivity index (χ0n) is 14.5. The molecular weight excluding hydrogens is 454 g/mol. The summed E-state index contributed by atoms with van der Waals surface area (Å²) in [7, 11) is 0. The second-order valence-electron chi connectivity index (χ2n) is 5.83. The van der Waals surface area contributed by atoms with E-state index < -0.39 is 0 Å². The summed E-state index contributed by atoms with van der Waals surface area (Å²) in [5.74, 6) is 0.839. The molecule has 0 aromatic heterocycles. The van der Waals surface area contributed by atoms with Crippen LogP contribution in [0.4, 0.5) is 5.69 Å². The normalized spacial score (nSPS) is 11.0. The van der Waals surface area contributed by atoms with Crippen molar-refractivity contribution < 1.29 is 4.74 Å². The predicted molar refractivity (Wildman–Crippen MR) is 116 cm³/mol. The van der Waals surface area contributed by atoms with E-state index in [4.69, 9.17) is 4.74 Å². The number of para-hydroxylation sites is 1. The maximum absolute atomic E-state index is 5.88. The monoisotopic (exact) mass is 471 g/mol. The molecule has 0 saturated carbocycles. The van der Waals surface area contributed by atoms with Gasteiger partial charge in [0.05, 0.1) is 5.69 Å². The Kier molecular flexibility index (Phi) is 6.64. The Morgan fingerprint density at radius 2 is 1.69 bits per heavy atom. The number of rotatable bonds is 6. The number of halogens is 2. The summed E-state index contributed by atoms with van der Waals surface area (Å²) in [5, 5.41) is 0. The first-order chi connectivity index (χ1) is 12.7. The highest BCUT2D eigenvalue weighted by Gasteiger charge is 2.02. The third kappa shape index (κ3) is 5.05. The average molecular weight is 473 g/mol. The van der Waals surface area contributed by atoms with Crippen molar-refractivity contribution in [1.29, 1.82) is 0 Å². The molecular formula is C22H19Br2NO. The maximum atomic E-state index is 5.88. The van der Waals surface area contributed by atoms with E-state index in [9.17, 15) is 0 Å². The Labute approximate surface area is 171 Å². The van der Waals surface area contributed by atoms with E-state index >= 15 is 0 Å². The standard InChI is InChI=1S/C22H19Br2NO/c1-2-17-5-3-4-6-22(17)25-14-16-7-11-20(12-8-16)26-15-18-9-10-19(23)13-21(18)24/h3-14H,2,15H2,1H3. The third-order valence-corrected chi connectivity index (χ3v) is 5.25. The van der Waals surface area contributed by atoms with Crippen LogP contribution in [0.5, 0.6) is 5.75 Å². The van der Waals surface area contributed by atoms with Crippen molar-refractivity contribution in [3.05, 3.63) is 92.4 Å². The van der Waals surface area contributed by atoms with Crippen molar-refractivity contribution in [1.82, 2.24) is 0 Å². The summed E-state index contributed by atoms with van der Waals surface area (Å²) < 4.78 is 7.95. The minimum atomic E-state index is 0.519. The van der Waals surface area contributed by atoms with Crippen molar-refractivity contribution in [2.45, 2.75) is 20.0 Å². The molecule has 0 aliphatic carbocycles. The molecule has 0 spiro atoms. The van der Waals surface area contributed by atoms with Crippen molar-refractivity contribution in [2.75, 3.05) is 0 Å². The highest BCUT2D eigenvalue weighted by atomic mass is 79.9. The Morgan fingerprint density at radius 1 is 0.923 bits per heavy atom. The summed E-state index contributed by atoms with van der Waals surface area (Å²) in [6, 6.07) is 22.3. The van der Waals surface area contributed by atoms with Gasteiger partial charge in [0.1, 0.15) is 12.4 Å². The van der Waals surface area contributed by atoms with E-state index in [2.05, 4.69) is 49.8 Å². The molecule has 132 valence electrons. The van der Waals surface area contributed by atoms with E-state index in [1.807, 2.05) is 66.9 Å². The van der Waals surface area contributed by atoms with Gasteiger partial charge in [-0.1, -0.05) is 63.0 Å². The minimum absolute atomic E-state index is 0.519. The second kappa shape index (κ2) is 9.15. The van der Waals surface area contributed by atoms with Crippen LogP contribution >= 0.6 is 31.9 Å². The number of benzene rings is 3. The fourth-order valence-electron chi connectivity index (χ4n) is 2.53. The lowest BCUT2D eigenvalue weighted by atomic mass is 10.1. The highest BCUT2D eigenvalue weighted by molar-refractivity contribution is 9.11. The lowest BCUT2D eigenvalue weighted by Crippen LogP contribution is -1.96. The van der Waals surface area contributed by atoms with E-state index in [0.29, 0.717) is 6.61 Å². The molecule has 0 atom stereocenters. The number of hydrogen-bond donors (Lipinski definition) is 0. The zero-order valence-corrected chi connectivity index (χ0v) is 17.6. The van der Waals surface area contributed by atoms with Crippen LogP contribution in [0.3, 0.4) is 0 Å². The molecule has 0 unspecified atom stereocenters. The van der Waals surface area contributed by atoms with Gasteiger partial charge in [-0.05, 0) is 60.0 Å². The molecule has 4 heteroatoms. The summed E-state index contributed by atoms with van der Waals surface area (Å²) in [4.78, 5) is 4.61. The van der Waals surface area contributed by atoms with Gasteiger partial charge in [-0.25, -0.2) is 0 Å². The summed E-state index contributed by atoms with van der Waals surface area (Å²) in [6.07, 6.45) is 2.87. The number of aliphatic imine (C=N–C) groups is 1. The second-order valence-corrected chi connectivity index (χ2v) is 7.60. The lowest BCUT2D eigenvalue weighted by Gasteiger charge is -2.08. The largest absolute Gasteiger partial charge is 0.489 e. The zero-order chi connectivity index (χ0) is 18.4. The molecule has 3 aromatic rings. The average Bonchev–Trinajstić information content (AvgIpc) is 2.67. The van der Waals surface area contributed by atoms with Gasteiger partial charge >= 0.3 is 0 Å². The molecule has 0 fully saturated rings. The first-order valence-electron chi connectivity index (χ1n) is 8.44. The minimum Gasteiger partial charge on any atom is -0.489 e. The van der Waals surface area contributed by atoms with Crippen molar-refractivity contribution >= 4 is 43.8 Å². The van der Waals surface area contributed by atoms with Crippen LogP contribution in [0, 0.1) is 0 Å². The summed E-state index contributed by atoms with van der Waals surface area (Å²) >= 11 is 7.02. The van der Waals surface area contributed by atoms with E-state index in [0.717, 1.165) is 37.9 Å². The predicted octanol–water partition coefficient (Wildman–Crippen LogP) is 7.10. The molecule has 0 amide bonds. The van der Waals surface area contributed by atoms with Gasteiger partial charge in [0.2, 0.25) is 0 Å². The quantitative estimate of drug-likeness (QED) is 0.350. The summed E-state index contributed by atoms with van der Waals surface area (Å²) in [5.41, 5.74) is 4.43. The van der Waals surface area contributed by atoms with Crippen LogP contribution < -0.4 is 4.74 Å². The Hall–Kier alpha value is -1.91. The molecule has 0 heterocycles. The topological polar surface area (TPSA) is 21.6 Å². The van der Waals surface area contributed by atoms with Crippen LogP contribution in [0.15, 0.2) is 80.7 Å². The first-order valence-corrected chi connectivity index (χ1v) is 10.0. The number of ether oxygens (including phenoxy) is 1. The number of hydrogen-bond acceptors (Lipinski definition) is 2. The molecule has 0 aliphatic rings. The van der Waals surface area contributed by atoms with Gasteiger partial charge in [-0.2, -0.15) is 0 Å². The van der Waals surface area contributed by atoms with Gasteiger partial charge in [0.25, 0.3) is 0 Å². The van der Waals surface area contributed by atoms with Gasteiger partial charge in [-0.3, -0.25) is 4.99 Å². The first kappa shape index (κ1) is 18.9. The Morgan fingerprint density at radius 3 is 2.42 bits per heavy atom. The van der Waals surface area contributed by atoms with Crippen molar-refractivity contribution in [3.8, 4) is 5.75 Å². The van der Waals surface area contributed by atoms with Crippen molar-refractivity contribution in [2.24, 2.45) is 4.99 Å². The molecule has 2 nitrogen and oxygen atoms in total. The Bertz CT molecular complexity index is 904. The number of nitrogens with zero attached hydrogens (tertiary/aromatic N) is 1. The Balaban J connectivity index is 1.64. The molecule has 0 radical (unpaired) electrons. The van der Waals surface area contributed by atoms with E-state index in [1.165, 1.54) is 5.56 Å². The van der Waals surface area contributed by atoms with Crippen LogP contribution in [0.25, 0.3) is 0 Å². The van der Waals surface area contributed by atoms with Gasteiger partial charge < -0.3 is 4.74 Å². The van der Waals surface area contributed by atoms with Crippen LogP contribution in [-0.2, 0) is 13.0 Å².